The Labute approximate surface area is 84.7 Å². The average Bonchev–Trinajstić information content (AvgIpc) is 2.47. The summed E-state index contributed by atoms with van der Waals surface area (Å²) < 4.78 is 36.6. The van der Waals surface area contributed by atoms with Gasteiger partial charge >= 0.3 is 6.18 Å². The van der Waals surface area contributed by atoms with Crippen molar-refractivity contribution in [3.8, 4) is 0 Å². The molecule has 1 heterocycles. The maximum Gasteiger partial charge on any atom is 0.425 e. The number of halogens is 3. The monoisotopic (exact) mass is 223 g/mol. The Kier molecular flexibility index (Phi) is 3.55. The number of rotatable bonds is 3. The van der Waals surface area contributed by atoms with Gasteiger partial charge in [0, 0.05) is 10.9 Å². The highest BCUT2D eigenvalue weighted by Crippen LogP contribution is 2.34. The summed E-state index contributed by atoms with van der Waals surface area (Å²) in [4.78, 5) is 0.215. The number of hydrogen-bond donors (Lipinski definition) is 1. The third-order valence-corrected chi connectivity index (χ3v) is 2.98. The first-order chi connectivity index (χ1) is 6.39. The molecule has 0 aliphatic rings. The molecule has 0 fully saturated rings. The van der Waals surface area contributed by atoms with Crippen LogP contribution in [0.5, 0.6) is 0 Å². The van der Waals surface area contributed by atoms with Gasteiger partial charge in [0.05, 0.1) is 0 Å². The van der Waals surface area contributed by atoms with E-state index in [0.29, 0.717) is 6.42 Å². The van der Waals surface area contributed by atoms with Crippen LogP contribution in [0.4, 0.5) is 13.2 Å². The van der Waals surface area contributed by atoms with Gasteiger partial charge in [-0.05, 0) is 31.9 Å². The highest BCUT2D eigenvalue weighted by atomic mass is 32.1. The van der Waals surface area contributed by atoms with Crippen LogP contribution in [0.3, 0.4) is 0 Å². The highest BCUT2D eigenvalue weighted by molar-refractivity contribution is 7.12. The summed E-state index contributed by atoms with van der Waals surface area (Å²) in [6, 6.07) is 2.68. The number of hydrogen-bond acceptors (Lipinski definition) is 2. The van der Waals surface area contributed by atoms with Crippen LogP contribution in [0.1, 0.15) is 23.1 Å². The van der Waals surface area contributed by atoms with Gasteiger partial charge in [-0.25, -0.2) is 0 Å². The van der Waals surface area contributed by atoms with Gasteiger partial charge in [0.15, 0.2) is 0 Å². The molecule has 1 aromatic rings. The van der Waals surface area contributed by atoms with Gasteiger partial charge in [-0.15, -0.1) is 11.3 Å². The lowest BCUT2D eigenvalue weighted by Crippen LogP contribution is -2.14. The molecule has 1 aromatic heterocycles. The minimum atomic E-state index is -4.21. The van der Waals surface area contributed by atoms with Crippen molar-refractivity contribution in [1.29, 1.82) is 0 Å². The Morgan fingerprint density at radius 1 is 1.43 bits per heavy atom. The normalized spacial score (nSPS) is 14.4. The van der Waals surface area contributed by atoms with E-state index in [1.54, 1.807) is 0 Å². The second-order valence-corrected chi connectivity index (χ2v) is 4.45. The lowest BCUT2D eigenvalue weighted by Gasteiger charge is -2.02. The molecule has 14 heavy (non-hydrogen) atoms. The molecule has 0 saturated carbocycles. The van der Waals surface area contributed by atoms with Crippen molar-refractivity contribution in [1.82, 2.24) is 0 Å². The fourth-order valence-corrected chi connectivity index (χ4v) is 1.92. The fourth-order valence-electron chi connectivity index (χ4n) is 1.03. The van der Waals surface area contributed by atoms with Crippen LogP contribution in [0, 0.1) is 0 Å². The molecule has 0 amide bonds. The van der Waals surface area contributed by atoms with E-state index < -0.39 is 11.1 Å². The Balaban J connectivity index is 2.60. The zero-order chi connectivity index (χ0) is 10.8. The van der Waals surface area contributed by atoms with E-state index in [0.717, 1.165) is 28.7 Å². The predicted octanol–water partition coefficient (Wildman–Crippen LogP) is 3.05. The molecule has 0 aliphatic heterocycles. The summed E-state index contributed by atoms with van der Waals surface area (Å²) in [5.74, 6) is 0. The molecule has 0 aromatic carbocycles. The molecule has 0 saturated heterocycles. The molecule has 5 heteroatoms. The van der Waals surface area contributed by atoms with Crippen LogP contribution in [0.25, 0.3) is 0 Å². The van der Waals surface area contributed by atoms with Gasteiger partial charge in [-0.1, -0.05) is 0 Å². The molecule has 0 aliphatic carbocycles. The lowest BCUT2D eigenvalue weighted by atomic mass is 10.2. The van der Waals surface area contributed by atoms with Gasteiger partial charge in [-0.2, -0.15) is 13.2 Å². The maximum atomic E-state index is 12.2. The largest absolute Gasteiger partial charge is 0.425 e. The number of aryl methyl sites for hydroxylation is 1. The first-order valence-electron chi connectivity index (χ1n) is 4.31. The Morgan fingerprint density at radius 2 is 2.07 bits per heavy atom. The van der Waals surface area contributed by atoms with Crippen molar-refractivity contribution in [2.45, 2.75) is 32.0 Å². The van der Waals surface area contributed by atoms with Crippen molar-refractivity contribution < 1.29 is 13.2 Å². The van der Waals surface area contributed by atoms with Crippen LogP contribution >= 0.6 is 11.3 Å². The third kappa shape index (κ3) is 3.31. The quantitative estimate of drug-likeness (QED) is 0.837. The van der Waals surface area contributed by atoms with E-state index in [2.05, 4.69) is 0 Å². The third-order valence-electron chi connectivity index (χ3n) is 1.79. The van der Waals surface area contributed by atoms with Crippen molar-refractivity contribution in [3.05, 3.63) is 21.9 Å². The van der Waals surface area contributed by atoms with Gasteiger partial charge < -0.3 is 5.73 Å². The first kappa shape index (κ1) is 11.5. The van der Waals surface area contributed by atoms with E-state index in [1.165, 1.54) is 6.07 Å². The van der Waals surface area contributed by atoms with Crippen molar-refractivity contribution in [2.24, 2.45) is 5.73 Å². The van der Waals surface area contributed by atoms with Gasteiger partial charge in [0.25, 0.3) is 0 Å². The van der Waals surface area contributed by atoms with E-state index in [4.69, 9.17) is 5.73 Å². The lowest BCUT2D eigenvalue weighted by molar-refractivity contribution is -0.134. The van der Waals surface area contributed by atoms with Crippen molar-refractivity contribution in [2.75, 3.05) is 0 Å². The van der Waals surface area contributed by atoms with Crippen LogP contribution in [0.15, 0.2) is 12.1 Å². The maximum absolute atomic E-state index is 12.2. The predicted molar refractivity (Wildman–Crippen MR) is 51.3 cm³/mol. The van der Waals surface area contributed by atoms with Crippen molar-refractivity contribution in [3.63, 3.8) is 0 Å². The van der Waals surface area contributed by atoms with Gasteiger partial charge in [-0.3, -0.25) is 0 Å². The summed E-state index contributed by atoms with van der Waals surface area (Å²) in [6.07, 6.45) is -2.87. The van der Waals surface area contributed by atoms with Gasteiger partial charge in [0.2, 0.25) is 0 Å². The van der Waals surface area contributed by atoms with Crippen LogP contribution in [-0.4, -0.2) is 6.04 Å². The molecule has 1 rings (SSSR count). The topological polar surface area (TPSA) is 26.0 Å². The average molecular weight is 223 g/mol. The standard InChI is InChI=1S/C9H12F3NS/c1-6(13)2-3-7-4-5-8(14-7)9(10,11)12/h4-6H,2-3,13H2,1H3/t6-/m1/s1. The Morgan fingerprint density at radius 3 is 2.50 bits per heavy atom. The molecule has 0 radical (unpaired) electrons. The SMILES string of the molecule is C[C@@H](N)CCc1ccc(C(F)(F)F)s1. The smallest absolute Gasteiger partial charge is 0.328 e. The summed E-state index contributed by atoms with van der Waals surface area (Å²) >= 11 is 0.801. The second-order valence-electron chi connectivity index (χ2n) is 3.28. The molecule has 0 bridgehead atoms. The number of nitrogens with two attached hydrogens (primary N) is 1. The Hall–Kier alpha value is -0.550. The minimum Gasteiger partial charge on any atom is -0.328 e. The summed E-state index contributed by atoms with van der Waals surface area (Å²) in [5.41, 5.74) is 5.52. The molecule has 1 atom stereocenters. The Bertz CT molecular complexity index is 290. The zero-order valence-electron chi connectivity index (χ0n) is 7.77. The summed E-state index contributed by atoms with van der Waals surface area (Å²) in [5, 5.41) is 0. The second kappa shape index (κ2) is 4.31. The molecule has 1 nitrogen and oxygen atoms in total. The molecule has 0 unspecified atom stereocenters. The van der Waals surface area contributed by atoms with Crippen LogP contribution < -0.4 is 5.73 Å². The van der Waals surface area contributed by atoms with E-state index >= 15 is 0 Å². The van der Waals surface area contributed by atoms with Crippen molar-refractivity contribution >= 4 is 11.3 Å². The van der Waals surface area contributed by atoms with Gasteiger partial charge in [0.1, 0.15) is 4.88 Å². The number of thiophene rings is 1. The number of alkyl halides is 3. The zero-order valence-corrected chi connectivity index (χ0v) is 8.58. The molecule has 80 valence electrons. The van der Waals surface area contributed by atoms with E-state index in [1.807, 2.05) is 6.92 Å². The van der Waals surface area contributed by atoms with Crippen LogP contribution in [-0.2, 0) is 12.6 Å². The molecular weight excluding hydrogens is 211 g/mol. The summed E-state index contributed by atoms with van der Waals surface area (Å²) in [7, 11) is 0. The molecule has 0 spiro atoms. The minimum absolute atomic E-state index is 0.0337. The van der Waals surface area contributed by atoms with E-state index in [-0.39, 0.29) is 6.04 Å². The fraction of sp³-hybridized carbons (Fsp3) is 0.556. The summed E-state index contributed by atoms with van der Waals surface area (Å²) in [6.45, 7) is 1.85. The molecule has 2 N–H and O–H groups in total. The van der Waals surface area contributed by atoms with Crippen LogP contribution in [0.2, 0.25) is 0 Å². The van der Waals surface area contributed by atoms with E-state index in [9.17, 15) is 13.2 Å². The first-order valence-corrected chi connectivity index (χ1v) is 5.12. The highest BCUT2D eigenvalue weighted by Gasteiger charge is 2.32. The molecular formula is C9H12F3NS.